The number of thioether (sulfide) groups is 1. The van der Waals surface area contributed by atoms with Gasteiger partial charge in [-0.25, -0.2) is 0 Å². The first-order valence-corrected chi connectivity index (χ1v) is 9.43. The first-order valence-electron chi connectivity index (χ1n) is 8.38. The van der Waals surface area contributed by atoms with Crippen LogP contribution in [0.25, 0.3) is 0 Å². The van der Waals surface area contributed by atoms with Crippen molar-refractivity contribution >= 4 is 17.7 Å². The second-order valence-electron chi connectivity index (χ2n) is 6.24. The van der Waals surface area contributed by atoms with Crippen LogP contribution in [0.1, 0.15) is 43.0 Å². The average Bonchev–Trinajstić information content (AvgIpc) is 3.11. The minimum Gasteiger partial charge on any atom is -0.497 e. The predicted molar refractivity (Wildman–Crippen MR) is 93.0 cm³/mol. The molecule has 0 spiro atoms. The molecule has 1 heterocycles. The van der Waals surface area contributed by atoms with E-state index < -0.39 is 0 Å². The quantitative estimate of drug-likeness (QED) is 0.837. The number of hydrogen-bond acceptors (Lipinski definition) is 4. The van der Waals surface area contributed by atoms with Crippen LogP contribution in [0.3, 0.4) is 0 Å². The highest BCUT2D eigenvalue weighted by molar-refractivity contribution is 7.99. The van der Waals surface area contributed by atoms with Crippen molar-refractivity contribution in [2.75, 3.05) is 26.5 Å². The van der Waals surface area contributed by atoms with E-state index in [1.165, 1.54) is 19.3 Å². The molecule has 0 N–H and O–H groups in total. The van der Waals surface area contributed by atoms with Crippen LogP contribution >= 0.6 is 11.8 Å². The van der Waals surface area contributed by atoms with Crippen molar-refractivity contribution in [2.45, 2.75) is 37.5 Å². The molecule has 1 amide bonds. The third-order valence-electron chi connectivity index (χ3n) is 4.79. The van der Waals surface area contributed by atoms with E-state index in [9.17, 15) is 4.79 Å². The molecule has 1 aromatic carbocycles. The van der Waals surface area contributed by atoms with Gasteiger partial charge in [0.2, 0.25) is 5.91 Å². The van der Waals surface area contributed by atoms with Gasteiger partial charge in [-0.2, -0.15) is 0 Å². The topological polar surface area (TPSA) is 38.8 Å². The second-order valence-corrected chi connectivity index (χ2v) is 7.42. The van der Waals surface area contributed by atoms with Crippen LogP contribution in [0.4, 0.5) is 0 Å². The zero-order valence-electron chi connectivity index (χ0n) is 13.9. The Labute approximate surface area is 142 Å². The van der Waals surface area contributed by atoms with Crippen LogP contribution < -0.4 is 9.47 Å². The normalized spacial score (nSPS) is 22.2. The van der Waals surface area contributed by atoms with Gasteiger partial charge < -0.3 is 14.4 Å². The molecule has 1 saturated heterocycles. The van der Waals surface area contributed by atoms with E-state index in [-0.39, 0.29) is 11.3 Å². The van der Waals surface area contributed by atoms with E-state index in [1.54, 1.807) is 14.2 Å². The van der Waals surface area contributed by atoms with Crippen molar-refractivity contribution in [3.05, 3.63) is 23.8 Å². The number of benzene rings is 1. The van der Waals surface area contributed by atoms with Crippen LogP contribution in [0.2, 0.25) is 0 Å². The van der Waals surface area contributed by atoms with Gasteiger partial charge in [-0.05, 0) is 30.5 Å². The fourth-order valence-corrected chi connectivity index (χ4v) is 4.77. The number of amides is 1. The fourth-order valence-electron chi connectivity index (χ4n) is 3.53. The van der Waals surface area contributed by atoms with Gasteiger partial charge in [0, 0.05) is 24.3 Å². The van der Waals surface area contributed by atoms with Crippen molar-refractivity contribution in [2.24, 2.45) is 5.92 Å². The zero-order valence-corrected chi connectivity index (χ0v) is 14.7. The SMILES string of the molecule is COc1cc(OC)cc([C@H]2SCCN2C(=O)C2CCCCC2)c1. The summed E-state index contributed by atoms with van der Waals surface area (Å²) in [6.45, 7) is 0.837. The summed E-state index contributed by atoms with van der Waals surface area (Å²) >= 11 is 1.83. The van der Waals surface area contributed by atoms with Gasteiger partial charge in [-0.3, -0.25) is 4.79 Å². The van der Waals surface area contributed by atoms with Crippen molar-refractivity contribution in [3.63, 3.8) is 0 Å². The van der Waals surface area contributed by atoms with Crippen molar-refractivity contribution < 1.29 is 14.3 Å². The summed E-state index contributed by atoms with van der Waals surface area (Å²) in [4.78, 5) is 15.0. The molecule has 1 saturated carbocycles. The Hall–Kier alpha value is -1.36. The highest BCUT2D eigenvalue weighted by Crippen LogP contribution is 2.42. The molecule has 1 aromatic rings. The molecule has 5 heteroatoms. The lowest BCUT2D eigenvalue weighted by atomic mass is 9.88. The summed E-state index contributed by atoms with van der Waals surface area (Å²) in [5.41, 5.74) is 1.09. The minimum atomic E-state index is 0.0772. The van der Waals surface area contributed by atoms with Crippen LogP contribution in [0.15, 0.2) is 18.2 Å². The Morgan fingerprint density at radius 2 is 1.74 bits per heavy atom. The average molecular weight is 335 g/mol. The number of carbonyl (C=O) groups is 1. The fraction of sp³-hybridized carbons (Fsp3) is 0.611. The number of rotatable bonds is 4. The molecule has 1 aliphatic heterocycles. The van der Waals surface area contributed by atoms with E-state index in [1.807, 2.05) is 30.0 Å². The van der Waals surface area contributed by atoms with E-state index in [2.05, 4.69) is 4.90 Å². The number of nitrogens with zero attached hydrogens (tertiary/aromatic N) is 1. The summed E-state index contributed by atoms with van der Waals surface area (Å²) in [7, 11) is 3.32. The highest BCUT2D eigenvalue weighted by atomic mass is 32.2. The third kappa shape index (κ3) is 3.60. The largest absolute Gasteiger partial charge is 0.497 e. The second kappa shape index (κ2) is 7.47. The Balaban J connectivity index is 1.82. The molecule has 0 radical (unpaired) electrons. The Morgan fingerprint density at radius 1 is 1.09 bits per heavy atom. The summed E-state index contributed by atoms with van der Waals surface area (Å²) in [6.07, 6.45) is 5.75. The lowest BCUT2D eigenvalue weighted by Gasteiger charge is -2.30. The van der Waals surface area contributed by atoms with Crippen LogP contribution in [0.5, 0.6) is 11.5 Å². The van der Waals surface area contributed by atoms with Gasteiger partial charge in [-0.15, -0.1) is 11.8 Å². The van der Waals surface area contributed by atoms with Gasteiger partial charge in [0.05, 0.1) is 14.2 Å². The van der Waals surface area contributed by atoms with Gasteiger partial charge >= 0.3 is 0 Å². The molecule has 126 valence electrons. The third-order valence-corrected chi connectivity index (χ3v) is 6.05. The van der Waals surface area contributed by atoms with Gasteiger partial charge in [0.15, 0.2) is 0 Å². The lowest BCUT2D eigenvalue weighted by Crippen LogP contribution is -2.36. The highest BCUT2D eigenvalue weighted by Gasteiger charge is 2.35. The first-order chi connectivity index (χ1) is 11.2. The van der Waals surface area contributed by atoms with Gasteiger partial charge in [-0.1, -0.05) is 19.3 Å². The summed E-state index contributed by atoms with van der Waals surface area (Å²) in [5, 5.41) is 0.0772. The van der Waals surface area contributed by atoms with E-state index in [4.69, 9.17) is 9.47 Å². The van der Waals surface area contributed by atoms with Crippen LogP contribution in [0, 0.1) is 5.92 Å². The van der Waals surface area contributed by atoms with Crippen molar-refractivity contribution in [1.82, 2.24) is 4.90 Å². The van der Waals surface area contributed by atoms with Crippen LogP contribution in [-0.2, 0) is 4.79 Å². The Bertz CT molecular complexity index is 535. The maximum Gasteiger partial charge on any atom is 0.226 e. The molecule has 2 fully saturated rings. The Morgan fingerprint density at radius 3 is 2.35 bits per heavy atom. The van der Waals surface area contributed by atoms with Crippen molar-refractivity contribution in [3.8, 4) is 11.5 Å². The molecule has 3 rings (SSSR count). The summed E-state index contributed by atoms with van der Waals surface area (Å²) in [5.74, 6) is 3.09. The zero-order chi connectivity index (χ0) is 16.2. The first kappa shape index (κ1) is 16.5. The van der Waals surface area contributed by atoms with E-state index in [0.29, 0.717) is 5.91 Å². The molecule has 0 aromatic heterocycles. The smallest absolute Gasteiger partial charge is 0.226 e. The molecule has 2 aliphatic rings. The number of methoxy groups -OCH3 is 2. The summed E-state index contributed by atoms with van der Waals surface area (Å²) < 4.78 is 10.8. The predicted octanol–water partition coefficient (Wildman–Crippen LogP) is 3.86. The minimum absolute atomic E-state index is 0.0772. The summed E-state index contributed by atoms with van der Waals surface area (Å²) in [6, 6.07) is 5.91. The molecule has 1 aliphatic carbocycles. The molecular weight excluding hydrogens is 310 g/mol. The van der Waals surface area contributed by atoms with E-state index >= 15 is 0 Å². The standard InChI is InChI=1S/C18H25NO3S/c1-21-15-10-14(11-16(12-15)22-2)18-19(8-9-23-18)17(20)13-6-4-3-5-7-13/h10-13,18H,3-9H2,1-2H3/t18-/m1/s1. The lowest BCUT2D eigenvalue weighted by molar-refractivity contribution is -0.136. The molecule has 0 unspecified atom stereocenters. The number of hydrogen-bond donors (Lipinski definition) is 0. The maximum atomic E-state index is 12.9. The van der Waals surface area contributed by atoms with Crippen LogP contribution in [-0.4, -0.2) is 37.3 Å². The van der Waals surface area contributed by atoms with E-state index in [0.717, 1.165) is 42.2 Å². The van der Waals surface area contributed by atoms with Crippen molar-refractivity contribution in [1.29, 1.82) is 0 Å². The molecular formula is C18H25NO3S. The molecule has 1 atom stereocenters. The van der Waals surface area contributed by atoms with Gasteiger partial charge in [0.1, 0.15) is 16.9 Å². The maximum absolute atomic E-state index is 12.9. The molecule has 4 nitrogen and oxygen atoms in total. The molecule has 23 heavy (non-hydrogen) atoms. The van der Waals surface area contributed by atoms with Gasteiger partial charge in [0.25, 0.3) is 0 Å². The monoisotopic (exact) mass is 335 g/mol. The molecule has 0 bridgehead atoms. The number of ether oxygens (including phenoxy) is 2. The Kier molecular flexibility index (Phi) is 5.36. The number of carbonyl (C=O) groups excluding carboxylic acids is 1.